The van der Waals surface area contributed by atoms with Crippen LogP contribution in [-0.4, -0.2) is 35.8 Å². The minimum absolute atomic E-state index is 0.0975. The van der Waals surface area contributed by atoms with Gasteiger partial charge in [0.1, 0.15) is 0 Å². The second-order valence-corrected chi connectivity index (χ2v) is 11.6. The van der Waals surface area contributed by atoms with Crippen molar-refractivity contribution >= 4 is 32.5 Å². The molecule has 0 radical (unpaired) electrons. The molecule has 1 N–H and O–H groups in total. The van der Waals surface area contributed by atoms with Crippen molar-refractivity contribution in [2.45, 2.75) is 75.4 Å². The SMILES string of the molecule is CCCCCCCCC#Cc1ccc(CN(Cc2ccc(S(=O)(=O)C(F)(F)F)cc2)C(=O)C(=O)O)c2ccccc12. The summed E-state index contributed by atoms with van der Waals surface area (Å²) in [7, 11) is -5.53. The van der Waals surface area contributed by atoms with Crippen molar-refractivity contribution in [1.29, 1.82) is 0 Å². The Kier molecular flexibility index (Phi) is 11.0. The third-order valence-electron chi connectivity index (χ3n) is 6.64. The van der Waals surface area contributed by atoms with E-state index in [1.54, 1.807) is 6.07 Å². The van der Waals surface area contributed by atoms with Crippen LogP contribution in [-0.2, 0) is 32.5 Å². The standard InChI is InChI=1S/C31H32F3NO5S/c1-2-3-4-5-6-7-8-9-12-24-17-18-25(28-14-11-10-13-27(24)28)22-35(29(36)30(37)38)21-23-15-19-26(20-16-23)41(39,40)31(32,33)34/h10-11,13-20H,2-8,21-22H2,1H3,(H,37,38). The van der Waals surface area contributed by atoms with Crippen molar-refractivity contribution in [3.63, 3.8) is 0 Å². The molecule has 0 spiro atoms. The Morgan fingerprint density at radius 1 is 0.854 bits per heavy atom. The Balaban J connectivity index is 1.82. The van der Waals surface area contributed by atoms with E-state index < -0.39 is 32.1 Å². The number of benzene rings is 3. The zero-order valence-electron chi connectivity index (χ0n) is 22.7. The Hall–Kier alpha value is -3.84. The number of amides is 1. The van der Waals surface area contributed by atoms with Crippen molar-refractivity contribution in [3.8, 4) is 11.8 Å². The van der Waals surface area contributed by atoms with Gasteiger partial charge in [-0.15, -0.1) is 0 Å². The molecule has 3 aromatic carbocycles. The fourth-order valence-corrected chi connectivity index (χ4v) is 5.19. The van der Waals surface area contributed by atoms with Crippen LogP contribution < -0.4 is 0 Å². The van der Waals surface area contributed by atoms with Gasteiger partial charge in [0.25, 0.3) is 9.84 Å². The molecule has 3 rings (SSSR count). The lowest BCUT2D eigenvalue weighted by molar-refractivity contribution is -0.156. The third-order valence-corrected chi connectivity index (χ3v) is 8.14. The van der Waals surface area contributed by atoms with Crippen LogP contribution in [0.3, 0.4) is 0 Å². The van der Waals surface area contributed by atoms with E-state index in [1.165, 1.54) is 25.7 Å². The van der Waals surface area contributed by atoms with E-state index in [-0.39, 0.29) is 18.7 Å². The van der Waals surface area contributed by atoms with Gasteiger partial charge in [-0.3, -0.25) is 4.79 Å². The number of carboxylic acid groups (broad SMARTS) is 1. The summed E-state index contributed by atoms with van der Waals surface area (Å²) in [5, 5.41) is 11.0. The summed E-state index contributed by atoms with van der Waals surface area (Å²) in [4.78, 5) is 24.2. The van der Waals surface area contributed by atoms with Crippen LogP contribution >= 0.6 is 0 Å². The number of alkyl halides is 3. The Bertz CT molecular complexity index is 1540. The number of fused-ring (bicyclic) bond motifs is 1. The van der Waals surface area contributed by atoms with Crippen molar-refractivity contribution in [2.24, 2.45) is 0 Å². The summed E-state index contributed by atoms with van der Waals surface area (Å²) in [5.41, 5.74) is -3.71. The predicted octanol–water partition coefficient (Wildman–Crippen LogP) is 6.85. The molecule has 0 fully saturated rings. The quantitative estimate of drug-likeness (QED) is 0.151. The van der Waals surface area contributed by atoms with Gasteiger partial charge in [-0.05, 0) is 46.5 Å². The molecule has 0 atom stereocenters. The van der Waals surface area contributed by atoms with Crippen molar-refractivity contribution < 1.29 is 36.3 Å². The minimum Gasteiger partial charge on any atom is -0.474 e. The Labute approximate surface area is 238 Å². The first-order valence-corrected chi connectivity index (χ1v) is 14.9. The molecule has 3 aromatic rings. The van der Waals surface area contributed by atoms with E-state index in [1.807, 2.05) is 30.3 Å². The van der Waals surface area contributed by atoms with Gasteiger partial charge in [0, 0.05) is 25.1 Å². The molecule has 6 nitrogen and oxygen atoms in total. The van der Waals surface area contributed by atoms with Crippen molar-refractivity contribution in [3.05, 3.63) is 77.4 Å². The van der Waals surface area contributed by atoms with Crippen LogP contribution in [0.25, 0.3) is 10.8 Å². The van der Waals surface area contributed by atoms with Crippen molar-refractivity contribution in [2.75, 3.05) is 0 Å². The number of rotatable bonds is 11. The van der Waals surface area contributed by atoms with E-state index in [0.717, 1.165) is 64.8 Å². The fourth-order valence-electron chi connectivity index (χ4n) is 4.43. The van der Waals surface area contributed by atoms with E-state index in [0.29, 0.717) is 5.56 Å². The normalized spacial score (nSPS) is 11.6. The first kappa shape index (κ1) is 31.7. The summed E-state index contributed by atoms with van der Waals surface area (Å²) in [6.45, 7) is 1.83. The lowest BCUT2D eigenvalue weighted by Crippen LogP contribution is -2.35. The maximum Gasteiger partial charge on any atom is 0.501 e. The van der Waals surface area contributed by atoms with Gasteiger partial charge < -0.3 is 10.0 Å². The van der Waals surface area contributed by atoms with Gasteiger partial charge in [0.15, 0.2) is 0 Å². The second-order valence-electron chi connectivity index (χ2n) is 9.70. The molecular formula is C31H32F3NO5S. The van der Waals surface area contributed by atoms with Crippen LogP contribution in [0.1, 0.15) is 68.6 Å². The first-order chi connectivity index (χ1) is 19.5. The molecule has 0 aliphatic rings. The number of carbonyl (C=O) groups excluding carboxylic acids is 1. The molecule has 0 heterocycles. The van der Waals surface area contributed by atoms with Gasteiger partial charge in [-0.25, -0.2) is 13.2 Å². The molecule has 0 aromatic heterocycles. The first-order valence-electron chi connectivity index (χ1n) is 13.4. The zero-order valence-corrected chi connectivity index (χ0v) is 23.5. The fraction of sp³-hybridized carbons (Fsp3) is 0.355. The number of hydrogen-bond acceptors (Lipinski definition) is 4. The molecule has 10 heteroatoms. The molecule has 218 valence electrons. The Morgan fingerprint density at radius 2 is 1.49 bits per heavy atom. The van der Waals surface area contributed by atoms with Crippen LogP contribution in [0.15, 0.2) is 65.6 Å². The summed E-state index contributed by atoms with van der Waals surface area (Å²) < 4.78 is 61.9. The summed E-state index contributed by atoms with van der Waals surface area (Å²) in [6.07, 6.45) is 7.85. The largest absolute Gasteiger partial charge is 0.501 e. The van der Waals surface area contributed by atoms with E-state index >= 15 is 0 Å². The summed E-state index contributed by atoms with van der Waals surface area (Å²) in [5.74, 6) is 3.56. The molecule has 0 saturated carbocycles. The van der Waals surface area contributed by atoms with Gasteiger partial charge in [-0.2, -0.15) is 13.2 Å². The molecule has 0 aliphatic heterocycles. The van der Waals surface area contributed by atoms with Crippen molar-refractivity contribution in [1.82, 2.24) is 4.90 Å². The number of hydrogen-bond donors (Lipinski definition) is 1. The zero-order chi connectivity index (χ0) is 30.0. The smallest absolute Gasteiger partial charge is 0.474 e. The van der Waals surface area contributed by atoms with Crippen LogP contribution in [0.2, 0.25) is 0 Å². The average molecular weight is 588 g/mol. The van der Waals surface area contributed by atoms with Crippen LogP contribution in [0.5, 0.6) is 0 Å². The van der Waals surface area contributed by atoms with Crippen LogP contribution in [0.4, 0.5) is 13.2 Å². The van der Waals surface area contributed by atoms with Gasteiger partial charge in [-0.1, -0.05) is 93.3 Å². The highest BCUT2D eigenvalue weighted by Crippen LogP contribution is 2.30. The second kappa shape index (κ2) is 14.2. The molecule has 0 aliphatic carbocycles. The number of sulfone groups is 1. The highest BCUT2D eigenvalue weighted by molar-refractivity contribution is 7.92. The molecular weight excluding hydrogens is 555 g/mol. The van der Waals surface area contributed by atoms with Crippen LogP contribution in [0, 0.1) is 11.8 Å². The monoisotopic (exact) mass is 587 g/mol. The summed E-state index contributed by atoms with van der Waals surface area (Å²) in [6, 6.07) is 14.9. The number of unbranched alkanes of at least 4 members (excludes halogenated alkanes) is 6. The average Bonchev–Trinajstić information content (AvgIpc) is 2.94. The highest BCUT2D eigenvalue weighted by atomic mass is 32.2. The van der Waals surface area contributed by atoms with Gasteiger partial charge in [0.2, 0.25) is 0 Å². The Morgan fingerprint density at radius 3 is 2.12 bits per heavy atom. The molecule has 0 bridgehead atoms. The predicted molar refractivity (Wildman–Crippen MR) is 150 cm³/mol. The van der Waals surface area contributed by atoms with Gasteiger partial charge >= 0.3 is 17.4 Å². The maximum absolute atomic E-state index is 12.9. The van der Waals surface area contributed by atoms with E-state index in [2.05, 4.69) is 18.8 Å². The molecule has 1 amide bonds. The lowest BCUT2D eigenvalue weighted by atomic mass is 9.99. The molecule has 0 saturated heterocycles. The van der Waals surface area contributed by atoms with E-state index in [4.69, 9.17) is 0 Å². The minimum atomic E-state index is -5.53. The topological polar surface area (TPSA) is 91.8 Å². The van der Waals surface area contributed by atoms with E-state index in [9.17, 15) is 36.3 Å². The number of aliphatic carboxylic acids is 1. The lowest BCUT2D eigenvalue weighted by Gasteiger charge is -2.22. The summed E-state index contributed by atoms with van der Waals surface area (Å²) >= 11 is 0. The molecule has 0 unspecified atom stereocenters. The number of carbonyl (C=O) groups is 2. The number of carboxylic acids is 1. The number of nitrogens with zero attached hydrogens (tertiary/aromatic N) is 1. The molecule has 41 heavy (non-hydrogen) atoms. The highest BCUT2D eigenvalue weighted by Gasteiger charge is 2.46. The third kappa shape index (κ3) is 8.33. The van der Waals surface area contributed by atoms with Gasteiger partial charge in [0.05, 0.1) is 4.90 Å². The maximum atomic E-state index is 12.9. The number of halogens is 3.